The Morgan fingerprint density at radius 3 is 2.07 bits per heavy atom. The fraction of sp³-hybridized carbons (Fsp3) is 0.0667. The summed E-state index contributed by atoms with van der Waals surface area (Å²) in [5, 5.41) is 13.0. The van der Waals surface area contributed by atoms with Crippen LogP contribution in [0.15, 0.2) is 157 Å². The van der Waals surface area contributed by atoms with E-state index < -0.39 is 0 Å². The Morgan fingerprint density at radius 1 is 0.587 bits per heavy atom. The van der Waals surface area contributed by atoms with E-state index in [-0.39, 0.29) is 0 Å². The fourth-order valence-corrected chi connectivity index (χ4v) is 8.54. The normalized spacial score (nSPS) is 16.3. The van der Waals surface area contributed by atoms with Crippen molar-refractivity contribution >= 4 is 80.2 Å². The minimum atomic E-state index is 0.407. The molecule has 1 aromatic heterocycles. The maximum Gasteiger partial charge on any atom is 0.0362 e. The lowest BCUT2D eigenvalue weighted by Gasteiger charge is -2.19. The number of hydrogen-bond donors (Lipinski definition) is 0. The molecule has 1 atom stereocenters. The van der Waals surface area contributed by atoms with E-state index in [1.165, 1.54) is 91.1 Å². The SMILES string of the molecule is CC(=CC=C1C=CC=CC1C)c1c2ccccc2c(-c2ccc3ccccc3c2)c2cc3sc4cc5ccccc5cc4c3cc12. The molecular formula is C45H32S. The number of benzene rings is 7. The first-order valence-corrected chi connectivity index (χ1v) is 16.9. The Bertz CT molecular complexity index is 2650. The first kappa shape index (κ1) is 27.1. The molecule has 0 radical (unpaired) electrons. The number of hydrogen-bond acceptors (Lipinski definition) is 1. The first-order chi connectivity index (χ1) is 22.6. The summed E-state index contributed by atoms with van der Waals surface area (Å²) >= 11 is 1.91. The molecule has 0 saturated carbocycles. The summed E-state index contributed by atoms with van der Waals surface area (Å²) in [6, 6.07) is 43.1. The van der Waals surface area contributed by atoms with Gasteiger partial charge in [0.05, 0.1) is 0 Å². The van der Waals surface area contributed by atoms with E-state index in [0.29, 0.717) is 5.92 Å². The molecule has 1 unspecified atom stereocenters. The van der Waals surface area contributed by atoms with Crippen LogP contribution in [0.3, 0.4) is 0 Å². The Labute approximate surface area is 272 Å². The highest BCUT2D eigenvalue weighted by molar-refractivity contribution is 7.26. The Balaban J connectivity index is 1.41. The quantitative estimate of drug-likeness (QED) is 0.176. The molecule has 1 aliphatic carbocycles. The monoisotopic (exact) mass is 604 g/mol. The van der Waals surface area contributed by atoms with E-state index >= 15 is 0 Å². The van der Waals surface area contributed by atoms with E-state index in [1.807, 2.05) is 11.3 Å². The van der Waals surface area contributed by atoms with Crippen molar-refractivity contribution < 1.29 is 0 Å². The van der Waals surface area contributed by atoms with Crippen LogP contribution in [0, 0.1) is 5.92 Å². The summed E-state index contributed by atoms with van der Waals surface area (Å²) in [5.74, 6) is 0.407. The van der Waals surface area contributed by atoms with E-state index in [1.54, 1.807) is 0 Å². The van der Waals surface area contributed by atoms with E-state index in [4.69, 9.17) is 0 Å². The van der Waals surface area contributed by atoms with Gasteiger partial charge in [-0.2, -0.15) is 0 Å². The van der Waals surface area contributed by atoms with Gasteiger partial charge in [-0.05, 0) is 114 Å². The number of rotatable bonds is 3. The van der Waals surface area contributed by atoms with Gasteiger partial charge >= 0.3 is 0 Å². The second-order valence-corrected chi connectivity index (χ2v) is 13.7. The first-order valence-electron chi connectivity index (χ1n) is 16.1. The minimum Gasteiger partial charge on any atom is -0.135 e. The predicted octanol–water partition coefficient (Wildman–Crippen LogP) is 13.4. The van der Waals surface area contributed by atoms with Crippen molar-refractivity contribution in [3.05, 3.63) is 163 Å². The summed E-state index contributed by atoms with van der Waals surface area (Å²) in [4.78, 5) is 0. The average Bonchev–Trinajstić information content (AvgIpc) is 3.44. The van der Waals surface area contributed by atoms with Gasteiger partial charge in [-0.15, -0.1) is 11.3 Å². The highest BCUT2D eigenvalue weighted by Gasteiger charge is 2.19. The third-order valence-corrected chi connectivity index (χ3v) is 10.9. The van der Waals surface area contributed by atoms with Crippen LogP contribution in [-0.2, 0) is 0 Å². The van der Waals surface area contributed by atoms with Crippen molar-refractivity contribution in [3.8, 4) is 11.1 Å². The second kappa shape index (κ2) is 10.7. The third-order valence-electron chi connectivity index (χ3n) is 9.77. The maximum atomic E-state index is 2.49. The highest BCUT2D eigenvalue weighted by Crippen LogP contribution is 2.46. The van der Waals surface area contributed by atoms with E-state index in [2.05, 4.69) is 166 Å². The Morgan fingerprint density at radius 2 is 1.26 bits per heavy atom. The molecule has 0 amide bonds. The van der Waals surface area contributed by atoms with Crippen molar-refractivity contribution in [2.45, 2.75) is 13.8 Å². The molecule has 0 fully saturated rings. The van der Waals surface area contributed by atoms with Gasteiger partial charge in [0.25, 0.3) is 0 Å². The van der Waals surface area contributed by atoms with Gasteiger partial charge in [-0.1, -0.05) is 128 Å². The van der Waals surface area contributed by atoms with Crippen molar-refractivity contribution in [2.75, 3.05) is 0 Å². The zero-order valence-corrected chi connectivity index (χ0v) is 26.7. The molecular weight excluding hydrogens is 573 g/mol. The van der Waals surface area contributed by atoms with Crippen LogP contribution < -0.4 is 0 Å². The zero-order chi connectivity index (χ0) is 30.8. The van der Waals surface area contributed by atoms with Crippen LogP contribution in [0.25, 0.3) is 80.0 Å². The topological polar surface area (TPSA) is 0 Å². The van der Waals surface area contributed by atoms with Gasteiger partial charge in [0.2, 0.25) is 0 Å². The van der Waals surface area contributed by atoms with Crippen LogP contribution in [0.2, 0.25) is 0 Å². The molecule has 0 spiro atoms. The van der Waals surface area contributed by atoms with Gasteiger partial charge < -0.3 is 0 Å². The summed E-state index contributed by atoms with van der Waals surface area (Å²) in [6.45, 7) is 4.55. The molecule has 7 aromatic carbocycles. The molecule has 0 nitrogen and oxygen atoms in total. The van der Waals surface area contributed by atoms with Crippen molar-refractivity contribution in [3.63, 3.8) is 0 Å². The molecule has 46 heavy (non-hydrogen) atoms. The lowest BCUT2D eigenvalue weighted by atomic mass is 9.85. The summed E-state index contributed by atoms with van der Waals surface area (Å²) in [6.07, 6.45) is 13.4. The summed E-state index contributed by atoms with van der Waals surface area (Å²) in [5.41, 5.74) is 6.50. The second-order valence-electron chi connectivity index (χ2n) is 12.6. The molecule has 0 bridgehead atoms. The molecule has 218 valence electrons. The Hall–Kier alpha value is -5.24. The van der Waals surface area contributed by atoms with Crippen molar-refractivity contribution in [1.82, 2.24) is 0 Å². The van der Waals surface area contributed by atoms with Gasteiger partial charge in [0.15, 0.2) is 0 Å². The molecule has 9 rings (SSSR count). The molecule has 0 N–H and O–H groups in total. The Kier molecular flexibility index (Phi) is 6.30. The summed E-state index contributed by atoms with van der Waals surface area (Å²) in [7, 11) is 0. The fourth-order valence-electron chi connectivity index (χ4n) is 7.38. The smallest absolute Gasteiger partial charge is 0.0362 e. The van der Waals surface area contributed by atoms with Gasteiger partial charge in [-0.3, -0.25) is 0 Å². The van der Waals surface area contributed by atoms with Gasteiger partial charge in [0.1, 0.15) is 0 Å². The lowest BCUT2D eigenvalue weighted by Crippen LogP contribution is -1.95. The molecule has 0 aliphatic heterocycles. The molecule has 1 heteroatoms. The number of thiophene rings is 1. The molecule has 1 aliphatic rings. The van der Waals surface area contributed by atoms with Crippen LogP contribution in [0.4, 0.5) is 0 Å². The molecule has 1 heterocycles. The van der Waals surface area contributed by atoms with Crippen LogP contribution in [0.1, 0.15) is 19.4 Å². The standard InChI is InChI=1S/C45H32S/c1-28-11-3-4-12-30(28)20-19-29(2)44-36-17-9-10-18-37(36)45(35-22-21-31-13-5-6-14-32(31)23-35)41-27-43-39(26-40(41)44)38-24-33-15-7-8-16-34(33)25-42(38)46-43/h3-28H,1-2H3. The van der Waals surface area contributed by atoms with Crippen molar-refractivity contribution in [2.24, 2.45) is 5.92 Å². The third kappa shape index (κ3) is 4.35. The van der Waals surface area contributed by atoms with Gasteiger partial charge in [-0.25, -0.2) is 0 Å². The largest absolute Gasteiger partial charge is 0.135 e. The van der Waals surface area contributed by atoms with Gasteiger partial charge in [0, 0.05) is 20.2 Å². The number of fused-ring (bicyclic) bond motifs is 7. The minimum absolute atomic E-state index is 0.407. The highest BCUT2D eigenvalue weighted by atomic mass is 32.1. The van der Waals surface area contributed by atoms with Crippen LogP contribution in [-0.4, -0.2) is 0 Å². The predicted molar refractivity (Wildman–Crippen MR) is 204 cm³/mol. The molecule has 8 aromatic rings. The average molecular weight is 605 g/mol. The maximum absolute atomic E-state index is 2.49. The van der Waals surface area contributed by atoms with Crippen LogP contribution >= 0.6 is 11.3 Å². The van der Waals surface area contributed by atoms with Crippen molar-refractivity contribution in [1.29, 1.82) is 0 Å². The summed E-state index contributed by atoms with van der Waals surface area (Å²) < 4.78 is 2.67. The van der Waals surface area contributed by atoms with E-state index in [9.17, 15) is 0 Å². The van der Waals surface area contributed by atoms with E-state index in [0.717, 1.165) is 0 Å². The van der Waals surface area contributed by atoms with Crippen LogP contribution in [0.5, 0.6) is 0 Å². The molecule has 0 saturated heterocycles. The zero-order valence-electron chi connectivity index (χ0n) is 25.9. The number of allylic oxidation sites excluding steroid dienone is 8. The lowest BCUT2D eigenvalue weighted by molar-refractivity contribution is 0.884.